The minimum atomic E-state index is 0.0978. The first-order valence-corrected chi connectivity index (χ1v) is 11.0. The molecular formula is C23H28N4O4. The maximum atomic E-state index is 12.4. The van der Waals surface area contributed by atoms with Crippen LogP contribution in [0.15, 0.2) is 24.4 Å². The van der Waals surface area contributed by atoms with Gasteiger partial charge in [0.25, 0.3) is 0 Å². The SMILES string of the molecule is COc1cc(-c2cnc3c(n2)N(CC2CC2)C(=O)C3)ccc1OCCN1CCOCC1. The molecule has 1 amide bonds. The lowest BCUT2D eigenvalue weighted by Crippen LogP contribution is -2.38. The van der Waals surface area contributed by atoms with Crippen molar-refractivity contribution in [2.75, 3.05) is 58.0 Å². The Balaban J connectivity index is 1.30. The zero-order chi connectivity index (χ0) is 21.2. The van der Waals surface area contributed by atoms with Crippen molar-refractivity contribution < 1.29 is 19.0 Å². The Bertz CT molecular complexity index is 957. The molecule has 1 saturated carbocycles. The number of anilines is 1. The molecule has 5 rings (SSSR count). The monoisotopic (exact) mass is 424 g/mol. The maximum Gasteiger partial charge on any atom is 0.234 e. The summed E-state index contributed by atoms with van der Waals surface area (Å²) in [4.78, 5) is 25.9. The molecule has 0 radical (unpaired) electrons. The van der Waals surface area contributed by atoms with Crippen molar-refractivity contribution in [1.29, 1.82) is 0 Å². The molecular weight excluding hydrogens is 396 g/mol. The summed E-state index contributed by atoms with van der Waals surface area (Å²) in [5.74, 6) is 2.78. The number of benzene rings is 1. The maximum absolute atomic E-state index is 12.4. The molecule has 8 heteroatoms. The highest BCUT2D eigenvalue weighted by atomic mass is 16.5. The van der Waals surface area contributed by atoms with Gasteiger partial charge >= 0.3 is 0 Å². The molecule has 1 saturated heterocycles. The highest BCUT2D eigenvalue weighted by molar-refractivity contribution is 5.99. The van der Waals surface area contributed by atoms with Crippen LogP contribution in [0, 0.1) is 5.92 Å². The number of amides is 1. The van der Waals surface area contributed by atoms with Crippen LogP contribution in [-0.4, -0.2) is 73.9 Å². The van der Waals surface area contributed by atoms with Gasteiger partial charge in [-0.1, -0.05) is 0 Å². The van der Waals surface area contributed by atoms with E-state index in [1.165, 1.54) is 12.8 Å². The van der Waals surface area contributed by atoms with E-state index in [1.807, 2.05) is 23.1 Å². The Morgan fingerprint density at radius 3 is 2.81 bits per heavy atom. The Morgan fingerprint density at radius 1 is 1.19 bits per heavy atom. The van der Waals surface area contributed by atoms with Crippen molar-refractivity contribution in [3.8, 4) is 22.8 Å². The first-order valence-electron chi connectivity index (χ1n) is 11.0. The standard InChI is InChI=1S/C23H28N4O4/c1-29-21-12-17(4-5-20(21)31-11-8-26-6-9-30-10-7-26)19-14-24-18-13-22(28)27(23(18)25-19)15-16-2-3-16/h4-5,12,14,16H,2-3,6-11,13,15H2,1H3. The molecule has 2 fully saturated rings. The predicted octanol–water partition coefficient (Wildman–Crippen LogP) is 2.16. The van der Waals surface area contributed by atoms with E-state index in [0.29, 0.717) is 36.3 Å². The molecule has 0 bridgehead atoms. The summed E-state index contributed by atoms with van der Waals surface area (Å²) >= 11 is 0. The largest absolute Gasteiger partial charge is 0.493 e. The van der Waals surface area contributed by atoms with Crippen LogP contribution in [0.25, 0.3) is 11.3 Å². The summed E-state index contributed by atoms with van der Waals surface area (Å²) in [6.07, 6.45) is 4.46. The lowest BCUT2D eigenvalue weighted by atomic mass is 10.1. The van der Waals surface area contributed by atoms with Crippen molar-refractivity contribution in [2.24, 2.45) is 5.92 Å². The Morgan fingerprint density at radius 2 is 2.03 bits per heavy atom. The van der Waals surface area contributed by atoms with E-state index in [2.05, 4.69) is 9.88 Å². The number of hydrogen-bond donors (Lipinski definition) is 0. The number of rotatable bonds is 8. The Hall–Kier alpha value is -2.71. The van der Waals surface area contributed by atoms with Crippen molar-refractivity contribution in [3.05, 3.63) is 30.1 Å². The van der Waals surface area contributed by atoms with Crippen LogP contribution in [-0.2, 0) is 16.0 Å². The number of morpholine rings is 1. The average molecular weight is 425 g/mol. The molecule has 0 spiro atoms. The van der Waals surface area contributed by atoms with Crippen LogP contribution in [0.4, 0.5) is 5.82 Å². The van der Waals surface area contributed by atoms with Gasteiger partial charge in [0.15, 0.2) is 17.3 Å². The number of nitrogens with zero attached hydrogens (tertiary/aromatic N) is 4. The number of ether oxygens (including phenoxy) is 3. The van der Waals surface area contributed by atoms with Crippen LogP contribution in [0.3, 0.4) is 0 Å². The van der Waals surface area contributed by atoms with Gasteiger partial charge in [-0.2, -0.15) is 0 Å². The first-order chi connectivity index (χ1) is 15.2. The van der Waals surface area contributed by atoms with Gasteiger partial charge in [-0.25, -0.2) is 4.98 Å². The van der Waals surface area contributed by atoms with Gasteiger partial charge in [-0.3, -0.25) is 19.6 Å². The molecule has 3 heterocycles. The molecule has 0 unspecified atom stereocenters. The second-order valence-corrected chi connectivity index (χ2v) is 8.32. The third-order valence-corrected chi connectivity index (χ3v) is 6.07. The summed E-state index contributed by atoms with van der Waals surface area (Å²) in [5.41, 5.74) is 2.38. The highest BCUT2D eigenvalue weighted by Gasteiger charge is 2.35. The van der Waals surface area contributed by atoms with Crippen LogP contribution in [0.1, 0.15) is 18.5 Å². The third-order valence-electron chi connectivity index (χ3n) is 6.07. The van der Waals surface area contributed by atoms with Gasteiger partial charge < -0.3 is 14.2 Å². The van der Waals surface area contributed by atoms with Crippen LogP contribution in [0.5, 0.6) is 11.5 Å². The highest BCUT2D eigenvalue weighted by Crippen LogP contribution is 2.36. The van der Waals surface area contributed by atoms with Crippen molar-refractivity contribution in [2.45, 2.75) is 19.3 Å². The normalized spacial score (nSPS) is 18.9. The molecule has 0 atom stereocenters. The summed E-state index contributed by atoms with van der Waals surface area (Å²) in [7, 11) is 1.64. The summed E-state index contributed by atoms with van der Waals surface area (Å²) < 4.78 is 16.9. The van der Waals surface area contributed by atoms with E-state index in [-0.39, 0.29) is 5.91 Å². The molecule has 31 heavy (non-hydrogen) atoms. The van der Waals surface area contributed by atoms with Crippen LogP contribution in [0.2, 0.25) is 0 Å². The number of carbonyl (C=O) groups excluding carboxylic acids is 1. The number of aromatic nitrogens is 2. The van der Waals surface area contributed by atoms with Gasteiger partial charge in [-0.05, 0) is 37.0 Å². The summed E-state index contributed by atoms with van der Waals surface area (Å²) in [5, 5.41) is 0. The van der Waals surface area contributed by atoms with E-state index in [0.717, 1.165) is 56.3 Å². The number of carbonyl (C=O) groups is 1. The second-order valence-electron chi connectivity index (χ2n) is 8.32. The molecule has 164 valence electrons. The van der Waals surface area contributed by atoms with E-state index in [9.17, 15) is 4.79 Å². The van der Waals surface area contributed by atoms with Gasteiger partial charge in [-0.15, -0.1) is 0 Å². The van der Waals surface area contributed by atoms with Crippen molar-refractivity contribution >= 4 is 11.7 Å². The fourth-order valence-electron chi connectivity index (χ4n) is 4.04. The summed E-state index contributed by atoms with van der Waals surface area (Å²) in [6.45, 7) is 5.64. The minimum absolute atomic E-state index is 0.0978. The zero-order valence-corrected chi connectivity index (χ0v) is 17.9. The molecule has 8 nitrogen and oxygen atoms in total. The fraction of sp³-hybridized carbons (Fsp3) is 0.522. The summed E-state index contributed by atoms with van der Waals surface area (Å²) in [6, 6.07) is 5.79. The van der Waals surface area contributed by atoms with Gasteiger partial charge in [0.2, 0.25) is 5.91 Å². The Labute approximate surface area is 182 Å². The van der Waals surface area contributed by atoms with E-state index < -0.39 is 0 Å². The zero-order valence-electron chi connectivity index (χ0n) is 17.9. The first kappa shape index (κ1) is 20.2. The molecule has 2 aromatic rings. The lowest BCUT2D eigenvalue weighted by Gasteiger charge is -2.26. The predicted molar refractivity (Wildman–Crippen MR) is 116 cm³/mol. The Kier molecular flexibility index (Phi) is 5.74. The average Bonchev–Trinajstić information content (AvgIpc) is 3.57. The number of fused-ring (bicyclic) bond motifs is 1. The number of hydrogen-bond acceptors (Lipinski definition) is 7. The van der Waals surface area contributed by atoms with Gasteiger partial charge in [0.05, 0.1) is 44.3 Å². The molecule has 1 aromatic heterocycles. The fourth-order valence-corrected chi connectivity index (χ4v) is 4.04. The van der Waals surface area contributed by atoms with Crippen molar-refractivity contribution in [3.63, 3.8) is 0 Å². The van der Waals surface area contributed by atoms with E-state index in [1.54, 1.807) is 13.3 Å². The second kappa shape index (κ2) is 8.80. The third kappa shape index (κ3) is 4.50. The van der Waals surface area contributed by atoms with Gasteiger partial charge in [0, 0.05) is 31.7 Å². The van der Waals surface area contributed by atoms with Gasteiger partial charge in [0.1, 0.15) is 6.61 Å². The molecule has 1 aromatic carbocycles. The molecule has 0 N–H and O–H groups in total. The van der Waals surface area contributed by atoms with Crippen molar-refractivity contribution in [1.82, 2.24) is 14.9 Å². The number of methoxy groups -OCH3 is 1. The van der Waals surface area contributed by atoms with E-state index >= 15 is 0 Å². The topological polar surface area (TPSA) is 77.0 Å². The molecule has 2 aliphatic heterocycles. The molecule has 3 aliphatic rings. The quantitative estimate of drug-likeness (QED) is 0.643. The van der Waals surface area contributed by atoms with E-state index in [4.69, 9.17) is 19.2 Å². The smallest absolute Gasteiger partial charge is 0.234 e. The van der Waals surface area contributed by atoms with Crippen LogP contribution >= 0.6 is 0 Å². The lowest BCUT2D eigenvalue weighted by molar-refractivity contribution is -0.117. The molecule has 1 aliphatic carbocycles. The van der Waals surface area contributed by atoms with Crippen LogP contribution < -0.4 is 14.4 Å². The minimum Gasteiger partial charge on any atom is -0.493 e.